The van der Waals surface area contributed by atoms with Crippen LogP contribution in [-0.2, 0) is 9.53 Å². The van der Waals surface area contributed by atoms with Gasteiger partial charge in [0.05, 0.1) is 13.4 Å². The van der Waals surface area contributed by atoms with Crippen molar-refractivity contribution in [3.05, 3.63) is 84.3 Å². The Bertz CT molecular complexity index is 874. The Morgan fingerprint density at radius 3 is 2.50 bits per heavy atom. The van der Waals surface area contributed by atoms with E-state index in [9.17, 15) is 9.59 Å². The van der Waals surface area contributed by atoms with E-state index in [2.05, 4.69) is 5.32 Å². The molecule has 6 heteroatoms. The monoisotopic (exact) mass is 351 g/mol. The molecule has 0 aliphatic rings. The van der Waals surface area contributed by atoms with E-state index in [0.717, 1.165) is 0 Å². The van der Waals surface area contributed by atoms with Gasteiger partial charge in [-0.1, -0.05) is 36.4 Å². The molecule has 6 nitrogen and oxygen atoms in total. The minimum atomic E-state index is -1.12. The first kappa shape index (κ1) is 17.3. The summed E-state index contributed by atoms with van der Waals surface area (Å²) < 4.78 is 15.6. The highest BCUT2D eigenvalue weighted by molar-refractivity contribution is 5.97. The van der Waals surface area contributed by atoms with Crippen LogP contribution < -0.4 is 10.1 Å². The molecule has 1 atom stereocenters. The second-order valence-electron chi connectivity index (χ2n) is 5.39. The van der Waals surface area contributed by atoms with Crippen molar-refractivity contribution >= 4 is 17.6 Å². The topological polar surface area (TPSA) is 77.8 Å². The Kier molecular flexibility index (Phi) is 5.34. The normalized spacial score (nSPS) is 11.4. The summed E-state index contributed by atoms with van der Waals surface area (Å²) in [5.41, 5.74) is 1.08. The van der Waals surface area contributed by atoms with Crippen molar-refractivity contribution in [1.82, 2.24) is 0 Å². The number of methoxy groups -OCH3 is 1. The standard InChI is InChI=1S/C20H17NO5/c1-24-16-10-5-9-15(13-16)21-19(22)18(14-7-3-2-4-8-14)26-20(23)17-11-6-12-25-17/h2-13,18H,1H3,(H,21,22)/t18-/m1/s1. The molecule has 0 radical (unpaired) electrons. The molecular weight excluding hydrogens is 334 g/mol. The third-order valence-corrected chi connectivity index (χ3v) is 3.62. The molecule has 132 valence electrons. The van der Waals surface area contributed by atoms with Crippen LogP contribution in [0.2, 0.25) is 0 Å². The fraction of sp³-hybridized carbons (Fsp3) is 0.100. The van der Waals surface area contributed by atoms with E-state index in [1.165, 1.54) is 12.3 Å². The Morgan fingerprint density at radius 2 is 1.81 bits per heavy atom. The lowest BCUT2D eigenvalue weighted by Crippen LogP contribution is -2.25. The lowest BCUT2D eigenvalue weighted by atomic mass is 10.1. The number of hydrogen-bond acceptors (Lipinski definition) is 5. The lowest BCUT2D eigenvalue weighted by molar-refractivity contribution is -0.125. The minimum absolute atomic E-state index is 0.0279. The van der Waals surface area contributed by atoms with Gasteiger partial charge in [-0.25, -0.2) is 4.79 Å². The average molecular weight is 351 g/mol. The summed E-state index contributed by atoms with van der Waals surface area (Å²) in [5, 5.41) is 2.74. The number of nitrogens with one attached hydrogen (secondary N) is 1. The van der Waals surface area contributed by atoms with Crippen LogP contribution in [0.1, 0.15) is 22.2 Å². The summed E-state index contributed by atoms with van der Waals surface area (Å²) in [6.07, 6.45) is 0.241. The Balaban J connectivity index is 1.82. The van der Waals surface area contributed by atoms with Crippen LogP contribution in [0.3, 0.4) is 0 Å². The maximum atomic E-state index is 12.8. The van der Waals surface area contributed by atoms with E-state index >= 15 is 0 Å². The first-order chi connectivity index (χ1) is 12.7. The van der Waals surface area contributed by atoms with Gasteiger partial charge in [-0.2, -0.15) is 0 Å². The number of anilines is 1. The zero-order valence-electron chi connectivity index (χ0n) is 14.0. The molecule has 0 aliphatic heterocycles. The van der Waals surface area contributed by atoms with Crippen molar-refractivity contribution in [3.8, 4) is 5.75 Å². The molecule has 0 bridgehead atoms. The van der Waals surface area contributed by atoms with E-state index in [1.54, 1.807) is 61.7 Å². The molecule has 1 amide bonds. The largest absolute Gasteiger partial charge is 0.497 e. The second kappa shape index (κ2) is 8.02. The van der Waals surface area contributed by atoms with Gasteiger partial charge in [0.25, 0.3) is 5.91 Å². The molecule has 0 saturated heterocycles. The summed E-state index contributed by atoms with van der Waals surface area (Å²) in [5.74, 6) is -0.569. The number of benzene rings is 2. The molecule has 1 aromatic heterocycles. The summed E-state index contributed by atoms with van der Waals surface area (Å²) in [6, 6.07) is 18.7. The van der Waals surface area contributed by atoms with Gasteiger partial charge >= 0.3 is 5.97 Å². The van der Waals surface area contributed by atoms with Gasteiger partial charge < -0.3 is 19.2 Å². The first-order valence-electron chi connectivity index (χ1n) is 7.92. The third kappa shape index (κ3) is 4.10. The highest BCUT2D eigenvalue weighted by Crippen LogP contribution is 2.23. The fourth-order valence-corrected chi connectivity index (χ4v) is 2.37. The second-order valence-corrected chi connectivity index (χ2v) is 5.39. The fourth-order valence-electron chi connectivity index (χ4n) is 2.37. The van der Waals surface area contributed by atoms with Crippen molar-refractivity contribution in [3.63, 3.8) is 0 Å². The Labute approximate surface area is 150 Å². The first-order valence-corrected chi connectivity index (χ1v) is 7.92. The lowest BCUT2D eigenvalue weighted by Gasteiger charge is -2.17. The van der Waals surface area contributed by atoms with Crippen molar-refractivity contribution in [1.29, 1.82) is 0 Å². The predicted molar refractivity (Wildman–Crippen MR) is 94.9 cm³/mol. The van der Waals surface area contributed by atoms with E-state index in [-0.39, 0.29) is 5.76 Å². The van der Waals surface area contributed by atoms with E-state index in [4.69, 9.17) is 13.9 Å². The van der Waals surface area contributed by atoms with Gasteiger partial charge in [0.15, 0.2) is 0 Å². The molecule has 3 rings (SSSR count). The van der Waals surface area contributed by atoms with Crippen LogP contribution >= 0.6 is 0 Å². The zero-order chi connectivity index (χ0) is 18.4. The number of amides is 1. The maximum Gasteiger partial charge on any atom is 0.375 e. The van der Waals surface area contributed by atoms with E-state index in [0.29, 0.717) is 17.0 Å². The van der Waals surface area contributed by atoms with Gasteiger partial charge in [-0.15, -0.1) is 0 Å². The molecule has 0 fully saturated rings. The van der Waals surface area contributed by atoms with Crippen molar-refractivity contribution in [2.75, 3.05) is 12.4 Å². The molecule has 2 aromatic carbocycles. The summed E-state index contributed by atoms with van der Waals surface area (Å²) in [6.45, 7) is 0. The molecule has 1 heterocycles. The predicted octanol–water partition coefficient (Wildman–Crippen LogP) is 3.83. The summed E-state index contributed by atoms with van der Waals surface area (Å²) >= 11 is 0. The molecule has 0 aliphatic carbocycles. The number of carbonyl (C=O) groups excluding carboxylic acids is 2. The quantitative estimate of drug-likeness (QED) is 0.683. The number of carbonyl (C=O) groups is 2. The SMILES string of the molecule is COc1cccc(NC(=O)[C@H](OC(=O)c2ccco2)c2ccccc2)c1. The van der Waals surface area contributed by atoms with Gasteiger partial charge in [0.1, 0.15) is 5.75 Å². The molecular formula is C20H17NO5. The van der Waals surface area contributed by atoms with Gasteiger partial charge in [-0.05, 0) is 24.3 Å². The number of ether oxygens (including phenoxy) is 2. The molecule has 1 N–H and O–H groups in total. The van der Waals surface area contributed by atoms with Crippen LogP contribution in [0.5, 0.6) is 5.75 Å². The number of rotatable bonds is 6. The number of esters is 1. The number of hydrogen-bond donors (Lipinski definition) is 1. The van der Waals surface area contributed by atoms with Gasteiger partial charge in [0, 0.05) is 17.3 Å². The molecule has 0 saturated carbocycles. The van der Waals surface area contributed by atoms with Crippen LogP contribution in [-0.4, -0.2) is 19.0 Å². The van der Waals surface area contributed by atoms with Gasteiger partial charge in [-0.3, -0.25) is 4.79 Å². The molecule has 0 unspecified atom stereocenters. The third-order valence-electron chi connectivity index (χ3n) is 3.62. The minimum Gasteiger partial charge on any atom is -0.497 e. The van der Waals surface area contributed by atoms with Crippen LogP contribution in [0.4, 0.5) is 5.69 Å². The molecule has 3 aromatic rings. The van der Waals surface area contributed by atoms with Gasteiger partial charge in [0.2, 0.25) is 11.9 Å². The Hall–Kier alpha value is -3.54. The van der Waals surface area contributed by atoms with E-state index < -0.39 is 18.0 Å². The zero-order valence-corrected chi connectivity index (χ0v) is 14.0. The molecule has 0 spiro atoms. The van der Waals surface area contributed by atoms with Crippen LogP contribution in [0.15, 0.2) is 77.4 Å². The highest BCUT2D eigenvalue weighted by atomic mass is 16.6. The van der Waals surface area contributed by atoms with Crippen LogP contribution in [0, 0.1) is 0 Å². The van der Waals surface area contributed by atoms with Crippen LogP contribution in [0.25, 0.3) is 0 Å². The van der Waals surface area contributed by atoms with E-state index in [1.807, 2.05) is 6.07 Å². The van der Waals surface area contributed by atoms with Crippen molar-refractivity contribution in [2.45, 2.75) is 6.10 Å². The van der Waals surface area contributed by atoms with Crippen molar-refractivity contribution < 1.29 is 23.5 Å². The smallest absolute Gasteiger partial charge is 0.375 e. The highest BCUT2D eigenvalue weighted by Gasteiger charge is 2.26. The number of furan rings is 1. The summed E-state index contributed by atoms with van der Waals surface area (Å²) in [4.78, 5) is 25.0. The Morgan fingerprint density at radius 1 is 1.00 bits per heavy atom. The molecule has 26 heavy (non-hydrogen) atoms. The summed E-state index contributed by atoms with van der Waals surface area (Å²) in [7, 11) is 1.54. The van der Waals surface area contributed by atoms with Crippen molar-refractivity contribution in [2.24, 2.45) is 0 Å². The average Bonchev–Trinajstić information content (AvgIpc) is 3.21. The maximum absolute atomic E-state index is 12.8.